The molecule has 1 aromatic carbocycles. The molecule has 6 nitrogen and oxygen atoms in total. The number of amides is 2. The first-order valence-electron chi connectivity index (χ1n) is 8.74. The van der Waals surface area contributed by atoms with Crippen LogP contribution in [0, 0.1) is 11.8 Å². The largest absolute Gasteiger partial charge is 0.494 e. The lowest BCUT2D eigenvalue weighted by atomic mass is 10.1. The number of thiazole rings is 1. The van der Waals surface area contributed by atoms with Gasteiger partial charge in [-0.25, -0.2) is 4.98 Å². The van der Waals surface area contributed by atoms with Crippen LogP contribution in [-0.2, 0) is 9.59 Å². The molecule has 0 spiro atoms. The highest BCUT2D eigenvalue weighted by Gasteiger charge is 2.37. The molecule has 2 aromatic rings. The second kappa shape index (κ2) is 6.63. The molecule has 1 saturated heterocycles. The summed E-state index contributed by atoms with van der Waals surface area (Å²) >= 11 is 1.43. The smallest absolute Gasteiger partial charge is 0.231 e. The van der Waals surface area contributed by atoms with Gasteiger partial charge < -0.3 is 15.0 Å². The molecule has 2 aliphatic rings. The maximum atomic E-state index is 12.5. The van der Waals surface area contributed by atoms with Gasteiger partial charge >= 0.3 is 0 Å². The van der Waals surface area contributed by atoms with Crippen LogP contribution in [-0.4, -0.2) is 41.4 Å². The predicted molar refractivity (Wildman–Crippen MR) is 96.8 cm³/mol. The van der Waals surface area contributed by atoms with Crippen LogP contribution in [0.25, 0.3) is 10.2 Å². The van der Waals surface area contributed by atoms with Crippen molar-refractivity contribution in [2.45, 2.75) is 26.2 Å². The van der Waals surface area contributed by atoms with Gasteiger partial charge in [-0.1, -0.05) is 11.3 Å². The average molecular weight is 359 g/mol. The second-order valence-corrected chi connectivity index (χ2v) is 7.74. The minimum atomic E-state index is -0.280. The van der Waals surface area contributed by atoms with Crippen molar-refractivity contribution in [3.05, 3.63) is 18.2 Å². The zero-order valence-electron chi connectivity index (χ0n) is 14.2. The standard InChI is InChI=1S/C18H21N3O3S/c1-2-24-13-5-6-14-15(8-13)25-18(19-14)20-17(23)12-7-16(22)21(10-12)9-11-3-4-11/h5-6,8,11-12H,2-4,7,9-10H2,1H3,(H,19,20,23). The highest BCUT2D eigenvalue weighted by molar-refractivity contribution is 7.22. The quantitative estimate of drug-likeness (QED) is 0.861. The first-order valence-corrected chi connectivity index (χ1v) is 9.56. The van der Waals surface area contributed by atoms with Crippen LogP contribution in [0.15, 0.2) is 18.2 Å². The fourth-order valence-electron chi connectivity index (χ4n) is 3.16. The Kier molecular flexibility index (Phi) is 4.33. The van der Waals surface area contributed by atoms with E-state index >= 15 is 0 Å². The first-order chi connectivity index (χ1) is 12.1. The normalized spacial score (nSPS) is 20.3. The van der Waals surface area contributed by atoms with E-state index in [1.165, 1.54) is 24.2 Å². The van der Waals surface area contributed by atoms with Crippen molar-refractivity contribution in [1.29, 1.82) is 0 Å². The van der Waals surface area contributed by atoms with E-state index < -0.39 is 0 Å². The number of nitrogens with one attached hydrogen (secondary N) is 1. The average Bonchev–Trinajstić information content (AvgIpc) is 3.19. The molecule has 1 aromatic heterocycles. The van der Waals surface area contributed by atoms with E-state index in [1.54, 1.807) is 0 Å². The lowest BCUT2D eigenvalue weighted by molar-refractivity contribution is -0.128. The van der Waals surface area contributed by atoms with E-state index in [0.29, 0.717) is 30.6 Å². The van der Waals surface area contributed by atoms with Gasteiger partial charge in [-0.3, -0.25) is 9.59 Å². The third-order valence-electron chi connectivity index (χ3n) is 4.66. The monoisotopic (exact) mass is 359 g/mol. The third-order valence-corrected chi connectivity index (χ3v) is 5.60. The van der Waals surface area contributed by atoms with Crippen LogP contribution in [0.5, 0.6) is 5.75 Å². The summed E-state index contributed by atoms with van der Waals surface area (Å²) in [6.07, 6.45) is 2.71. The van der Waals surface area contributed by atoms with Crippen LogP contribution in [0.2, 0.25) is 0 Å². The van der Waals surface area contributed by atoms with Crippen molar-refractivity contribution >= 4 is 38.5 Å². The fraction of sp³-hybridized carbons (Fsp3) is 0.500. The Morgan fingerprint density at radius 3 is 3.04 bits per heavy atom. The molecule has 4 rings (SSSR count). The van der Waals surface area contributed by atoms with Crippen molar-refractivity contribution < 1.29 is 14.3 Å². The molecule has 2 heterocycles. The number of aromatic nitrogens is 1. The van der Waals surface area contributed by atoms with E-state index in [0.717, 1.165) is 22.5 Å². The minimum absolute atomic E-state index is 0.0951. The van der Waals surface area contributed by atoms with Gasteiger partial charge in [0.25, 0.3) is 0 Å². The zero-order chi connectivity index (χ0) is 17.4. The van der Waals surface area contributed by atoms with Gasteiger partial charge in [-0.2, -0.15) is 0 Å². The van der Waals surface area contributed by atoms with Crippen molar-refractivity contribution in [3.8, 4) is 5.75 Å². The number of carbonyl (C=O) groups excluding carboxylic acids is 2. The summed E-state index contributed by atoms with van der Waals surface area (Å²) in [5, 5.41) is 3.45. The molecular weight excluding hydrogens is 338 g/mol. The number of fused-ring (bicyclic) bond motifs is 1. The zero-order valence-corrected chi connectivity index (χ0v) is 15.0. The molecule has 1 aliphatic carbocycles. The molecule has 2 fully saturated rings. The Labute approximate surface area is 150 Å². The van der Waals surface area contributed by atoms with E-state index in [-0.39, 0.29) is 17.7 Å². The number of anilines is 1. The van der Waals surface area contributed by atoms with Gasteiger partial charge in [-0.15, -0.1) is 0 Å². The summed E-state index contributed by atoms with van der Waals surface area (Å²) < 4.78 is 6.47. The Balaban J connectivity index is 1.41. The molecule has 1 unspecified atom stereocenters. The lowest BCUT2D eigenvalue weighted by Crippen LogP contribution is -2.29. The molecule has 1 aliphatic heterocycles. The highest BCUT2D eigenvalue weighted by Crippen LogP contribution is 2.33. The second-order valence-electron chi connectivity index (χ2n) is 6.71. The third kappa shape index (κ3) is 3.61. The molecule has 1 saturated carbocycles. The number of rotatable bonds is 6. The molecule has 25 heavy (non-hydrogen) atoms. The number of likely N-dealkylation sites (tertiary alicyclic amines) is 1. The maximum Gasteiger partial charge on any atom is 0.231 e. The summed E-state index contributed by atoms with van der Waals surface area (Å²) in [4.78, 5) is 30.9. The number of nitrogens with zero attached hydrogens (tertiary/aromatic N) is 2. The van der Waals surface area contributed by atoms with Crippen LogP contribution in [0.1, 0.15) is 26.2 Å². The molecule has 0 radical (unpaired) electrons. The van der Waals surface area contributed by atoms with Gasteiger partial charge in [0, 0.05) is 19.5 Å². The molecule has 1 atom stereocenters. The van der Waals surface area contributed by atoms with Gasteiger partial charge in [-0.05, 0) is 43.9 Å². The van der Waals surface area contributed by atoms with Gasteiger partial charge in [0.15, 0.2) is 5.13 Å². The molecule has 0 bridgehead atoms. The molecule has 2 amide bonds. The SMILES string of the molecule is CCOc1ccc2nc(NC(=O)C3CC(=O)N(CC4CC4)C3)sc2c1. The Morgan fingerprint density at radius 2 is 2.28 bits per heavy atom. The highest BCUT2D eigenvalue weighted by atomic mass is 32.1. The lowest BCUT2D eigenvalue weighted by Gasteiger charge is -2.15. The summed E-state index contributed by atoms with van der Waals surface area (Å²) in [6.45, 7) is 3.89. The van der Waals surface area contributed by atoms with Gasteiger partial charge in [0.05, 0.1) is 22.7 Å². The minimum Gasteiger partial charge on any atom is -0.494 e. The van der Waals surface area contributed by atoms with E-state index in [1.807, 2.05) is 30.0 Å². The number of hydrogen-bond donors (Lipinski definition) is 1. The van der Waals surface area contributed by atoms with Crippen LogP contribution in [0.4, 0.5) is 5.13 Å². The number of hydrogen-bond acceptors (Lipinski definition) is 5. The van der Waals surface area contributed by atoms with Crippen molar-refractivity contribution in [2.75, 3.05) is 25.0 Å². The Morgan fingerprint density at radius 1 is 1.44 bits per heavy atom. The first kappa shape index (κ1) is 16.3. The summed E-state index contributed by atoms with van der Waals surface area (Å²) in [7, 11) is 0. The molecule has 1 N–H and O–H groups in total. The molecular formula is C18H21N3O3S. The summed E-state index contributed by atoms with van der Waals surface area (Å²) in [5.74, 6) is 1.15. The number of benzene rings is 1. The van der Waals surface area contributed by atoms with E-state index in [4.69, 9.17) is 4.74 Å². The predicted octanol–water partition coefficient (Wildman–Crippen LogP) is 2.89. The van der Waals surface area contributed by atoms with Crippen LogP contribution in [0.3, 0.4) is 0 Å². The van der Waals surface area contributed by atoms with Gasteiger partial charge in [0.2, 0.25) is 11.8 Å². The summed E-state index contributed by atoms with van der Waals surface area (Å²) in [5.41, 5.74) is 0.835. The maximum absolute atomic E-state index is 12.5. The van der Waals surface area contributed by atoms with Crippen LogP contribution >= 0.6 is 11.3 Å². The topological polar surface area (TPSA) is 71.5 Å². The van der Waals surface area contributed by atoms with E-state index in [9.17, 15) is 9.59 Å². The Hall–Kier alpha value is -2.15. The van der Waals surface area contributed by atoms with Crippen molar-refractivity contribution in [3.63, 3.8) is 0 Å². The van der Waals surface area contributed by atoms with Gasteiger partial charge in [0.1, 0.15) is 5.75 Å². The fourth-order valence-corrected chi connectivity index (χ4v) is 4.06. The number of carbonyl (C=O) groups is 2. The Bertz CT molecular complexity index is 815. The van der Waals surface area contributed by atoms with Crippen molar-refractivity contribution in [1.82, 2.24) is 9.88 Å². The summed E-state index contributed by atoms with van der Waals surface area (Å²) in [6, 6.07) is 5.70. The molecule has 132 valence electrons. The van der Waals surface area contributed by atoms with Crippen LogP contribution < -0.4 is 10.1 Å². The van der Waals surface area contributed by atoms with Crippen molar-refractivity contribution in [2.24, 2.45) is 11.8 Å². The number of ether oxygens (including phenoxy) is 1. The van der Waals surface area contributed by atoms with E-state index in [2.05, 4.69) is 10.3 Å². The molecule has 7 heteroatoms.